The summed E-state index contributed by atoms with van der Waals surface area (Å²) < 4.78 is 5.10. The number of esters is 1. The van der Waals surface area contributed by atoms with Crippen molar-refractivity contribution in [3.8, 4) is 0 Å². The molecule has 96 valence electrons. The van der Waals surface area contributed by atoms with Gasteiger partial charge in [-0.2, -0.15) is 0 Å². The number of hydrogen-bond acceptors (Lipinski definition) is 3. The summed E-state index contributed by atoms with van der Waals surface area (Å²) in [6, 6.07) is 4.49. The van der Waals surface area contributed by atoms with Crippen LogP contribution in [0, 0.1) is 0 Å². The Morgan fingerprint density at radius 3 is 2.78 bits per heavy atom. The second-order valence-electron chi connectivity index (χ2n) is 4.01. The third-order valence-corrected chi connectivity index (χ3v) is 3.38. The first kappa shape index (κ1) is 13.2. The summed E-state index contributed by atoms with van der Waals surface area (Å²) in [5, 5.41) is 3.42. The van der Waals surface area contributed by atoms with Crippen molar-refractivity contribution in [1.82, 2.24) is 5.32 Å². The maximum atomic E-state index is 11.6. The number of amides is 1. The van der Waals surface area contributed by atoms with E-state index >= 15 is 0 Å². The molecule has 0 bridgehead atoms. The first-order valence-electron chi connectivity index (χ1n) is 5.46. The fourth-order valence-corrected chi connectivity index (χ4v) is 2.00. The van der Waals surface area contributed by atoms with Crippen LogP contribution in [-0.2, 0) is 20.9 Å². The molecular weight excluding hydrogens is 277 g/mol. The molecule has 1 aromatic rings. The topological polar surface area (TPSA) is 55.4 Å². The van der Waals surface area contributed by atoms with Crippen LogP contribution in [0.3, 0.4) is 0 Å². The zero-order valence-corrected chi connectivity index (χ0v) is 10.9. The van der Waals surface area contributed by atoms with Gasteiger partial charge in [-0.25, -0.2) is 4.79 Å². The molecule has 0 radical (unpaired) electrons. The van der Waals surface area contributed by atoms with Crippen LogP contribution in [0.2, 0.25) is 10.0 Å². The summed E-state index contributed by atoms with van der Waals surface area (Å²) in [6.45, 7) is 0.113. The molecule has 0 aliphatic carbocycles. The van der Waals surface area contributed by atoms with Gasteiger partial charge in [-0.05, 0) is 24.1 Å². The minimum absolute atomic E-state index is 0.113. The number of ether oxygens (including phenoxy) is 1. The zero-order valence-electron chi connectivity index (χ0n) is 9.41. The van der Waals surface area contributed by atoms with Gasteiger partial charge in [0.25, 0.3) is 0 Å². The van der Waals surface area contributed by atoms with Crippen molar-refractivity contribution in [2.45, 2.75) is 25.5 Å². The van der Waals surface area contributed by atoms with Gasteiger partial charge < -0.3 is 10.1 Å². The number of halogens is 2. The Hall–Kier alpha value is -1.26. The molecule has 1 unspecified atom stereocenters. The van der Waals surface area contributed by atoms with Crippen molar-refractivity contribution in [3.63, 3.8) is 0 Å². The Labute approximate surface area is 114 Å². The molecule has 18 heavy (non-hydrogen) atoms. The van der Waals surface area contributed by atoms with Crippen LogP contribution >= 0.6 is 23.2 Å². The number of carbonyl (C=O) groups is 2. The van der Waals surface area contributed by atoms with Crippen LogP contribution in [0.5, 0.6) is 0 Å². The van der Waals surface area contributed by atoms with E-state index in [0.29, 0.717) is 22.9 Å². The number of nitrogens with one attached hydrogen (secondary N) is 1. The molecular formula is C12H11Cl2NO3. The highest BCUT2D eigenvalue weighted by Gasteiger charge is 2.28. The molecule has 1 heterocycles. The summed E-state index contributed by atoms with van der Waals surface area (Å²) in [7, 11) is 0. The van der Waals surface area contributed by atoms with E-state index in [0.717, 1.165) is 5.56 Å². The van der Waals surface area contributed by atoms with Gasteiger partial charge in [-0.1, -0.05) is 29.3 Å². The number of hydrogen-bond donors (Lipinski definition) is 1. The SMILES string of the molecule is O=C1CCC(C(=O)OCc2ccc(Cl)c(Cl)c2)N1. The minimum atomic E-state index is -0.528. The lowest BCUT2D eigenvalue weighted by atomic mass is 10.2. The molecule has 1 N–H and O–H groups in total. The lowest BCUT2D eigenvalue weighted by molar-refractivity contribution is -0.147. The van der Waals surface area contributed by atoms with Gasteiger partial charge >= 0.3 is 5.97 Å². The highest BCUT2D eigenvalue weighted by Crippen LogP contribution is 2.23. The number of benzene rings is 1. The quantitative estimate of drug-likeness (QED) is 0.868. The molecule has 1 saturated heterocycles. The summed E-state index contributed by atoms with van der Waals surface area (Å²) in [5.41, 5.74) is 0.752. The molecule has 0 saturated carbocycles. The van der Waals surface area contributed by atoms with Crippen LogP contribution in [0.4, 0.5) is 0 Å². The summed E-state index contributed by atoms with van der Waals surface area (Å²) in [4.78, 5) is 22.6. The van der Waals surface area contributed by atoms with E-state index in [9.17, 15) is 9.59 Å². The molecule has 2 rings (SSSR count). The number of rotatable bonds is 3. The average molecular weight is 288 g/mol. The van der Waals surface area contributed by atoms with E-state index in [1.165, 1.54) is 0 Å². The Morgan fingerprint density at radius 1 is 1.39 bits per heavy atom. The summed E-state index contributed by atoms with van der Waals surface area (Å²) >= 11 is 11.6. The van der Waals surface area contributed by atoms with Crippen molar-refractivity contribution < 1.29 is 14.3 Å². The van der Waals surface area contributed by atoms with Crippen molar-refractivity contribution in [2.24, 2.45) is 0 Å². The molecule has 1 amide bonds. The third kappa shape index (κ3) is 3.15. The second kappa shape index (κ2) is 5.59. The van der Waals surface area contributed by atoms with Gasteiger partial charge in [-0.3, -0.25) is 4.79 Å². The maximum absolute atomic E-state index is 11.6. The third-order valence-electron chi connectivity index (χ3n) is 2.64. The minimum Gasteiger partial charge on any atom is -0.459 e. The van der Waals surface area contributed by atoms with Crippen LogP contribution < -0.4 is 5.32 Å². The van der Waals surface area contributed by atoms with Gasteiger partial charge in [0.15, 0.2) is 0 Å². The van der Waals surface area contributed by atoms with Gasteiger partial charge in [0, 0.05) is 6.42 Å². The van der Waals surface area contributed by atoms with Gasteiger partial charge in [0.2, 0.25) is 5.91 Å². The molecule has 1 aromatic carbocycles. The normalized spacial score (nSPS) is 18.6. The van der Waals surface area contributed by atoms with Crippen LogP contribution in [0.1, 0.15) is 18.4 Å². The highest BCUT2D eigenvalue weighted by molar-refractivity contribution is 6.42. The summed E-state index contributed by atoms with van der Waals surface area (Å²) in [5.74, 6) is -0.543. The summed E-state index contributed by atoms with van der Waals surface area (Å²) in [6.07, 6.45) is 0.853. The molecule has 1 aliphatic heterocycles. The molecule has 0 spiro atoms. The molecule has 4 nitrogen and oxygen atoms in total. The second-order valence-corrected chi connectivity index (χ2v) is 4.83. The Morgan fingerprint density at radius 2 is 2.17 bits per heavy atom. The lowest BCUT2D eigenvalue weighted by Crippen LogP contribution is -2.34. The largest absolute Gasteiger partial charge is 0.459 e. The van der Waals surface area contributed by atoms with Gasteiger partial charge in [0.05, 0.1) is 10.0 Å². The molecule has 6 heteroatoms. The molecule has 1 fully saturated rings. The van der Waals surface area contributed by atoms with Crippen LogP contribution in [-0.4, -0.2) is 17.9 Å². The smallest absolute Gasteiger partial charge is 0.328 e. The van der Waals surface area contributed by atoms with E-state index in [4.69, 9.17) is 27.9 Å². The Balaban J connectivity index is 1.89. The van der Waals surface area contributed by atoms with Crippen molar-refractivity contribution in [3.05, 3.63) is 33.8 Å². The average Bonchev–Trinajstić information content (AvgIpc) is 2.77. The van der Waals surface area contributed by atoms with E-state index in [1.54, 1.807) is 18.2 Å². The Kier molecular flexibility index (Phi) is 4.09. The van der Waals surface area contributed by atoms with E-state index in [-0.39, 0.29) is 12.5 Å². The zero-order chi connectivity index (χ0) is 13.1. The van der Waals surface area contributed by atoms with E-state index < -0.39 is 12.0 Å². The highest BCUT2D eigenvalue weighted by atomic mass is 35.5. The van der Waals surface area contributed by atoms with Crippen molar-refractivity contribution in [1.29, 1.82) is 0 Å². The Bertz CT molecular complexity index is 490. The van der Waals surface area contributed by atoms with E-state index in [2.05, 4.69) is 5.32 Å². The first-order valence-corrected chi connectivity index (χ1v) is 6.22. The van der Waals surface area contributed by atoms with Crippen LogP contribution in [0.25, 0.3) is 0 Å². The molecule has 0 aromatic heterocycles. The fraction of sp³-hybridized carbons (Fsp3) is 0.333. The fourth-order valence-electron chi connectivity index (χ4n) is 1.68. The predicted octanol–water partition coefficient (Wildman–Crippen LogP) is 2.32. The van der Waals surface area contributed by atoms with Gasteiger partial charge in [0.1, 0.15) is 12.6 Å². The predicted molar refractivity (Wildman–Crippen MR) is 67.4 cm³/mol. The van der Waals surface area contributed by atoms with Crippen molar-refractivity contribution >= 4 is 35.1 Å². The molecule has 1 aliphatic rings. The van der Waals surface area contributed by atoms with E-state index in [1.807, 2.05) is 0 Å². The van der Waals surface area contributed by atoms with Crippen molar-refractivity contribution in [2.75, 3.05) is 0 Å². The first-order chi connectivity index (χ1) is 8.56. The molecule has 1 atom stereocenters. The van der Waals surface area contributed by atoms with Crippen LogP contribution in [0.15, 0.2) is 18.2 Å². The number of carbonyl (C=O) groups excluding carboxylic acids is 2. The standard InChI is InChI=1S/C12H11Cl2NO3/c13-8-2-1-7(5-9(8)14)6-18-12(17)10-3-4-11(16)15-10/h1-2,5,10H,3-4,6H2,(H,15,16). The van der Waals surface area contributed by atoms with Gasteiger partial charge in [-0.15, -0.1) is 0 Å². The maximum Gasteiger partial charge on any atom is 0.328 e. The lowest BCUT2D eigenvalue weighted by Gasteiger charge is -2.10. The monoisotopic (exact) mass is 287 g/mol.